The molecule has 0 saturated carbocycles. The largest absolute Gasteiger partial charge is 0.482 e. The second-order valence-electron chi connectivity index (χ2n) is 4.59. The Labute approximate surface area is 116 Å². The molecule has 0 amide bonds. The highest BCUT2D eigenvalue weighted by Gasteiger charge is 2.10. The van der Waals surface area contributed by atoms with Crippen molar-refractivity contribution in [2.45, 2.75) is 13.8 Å². The Morgan fingerprint density at radius 1 is 1.05 bits per heavy atom. The Morgan fingerprint density at radius 3 is 2.45 bits per heavy atom. The maximum Gasteiger partial charge on any atom is 0.200 e. The normalized spacial score (nSPS) is 10.4. The molecule has 0 fully saturated rings. The minimum atomic E-state index is -0.821. The van der Waals surface area contributed by atoms with Crippen LogP contribution >= 0.6 is 0 Å². The van der Waals surface area contributed by atoms with Gasteiger partial charge in [-0.15, -0.1) is 0 Å². The first-order valence-corrected chi connectivity index (χ1v) is 6.15. The average Bonchev–Trinajstić information content (AvgIpc) is 2.40. The van der Waals surface area contributed by atoms with Gasteiger partial charge in [-0.25, -0.2) is 8.78 Å². The van der Waals surface area contributed by atoms with Gasteiger partial charge in [0.15, 0.2) is 24.0 Å². The fourth-order valence-electron chi connectivity index (χ4n) is 1.73. The molecule has 0 N–H and O–H groups in total. The lowest BCUT2D eigenvalue weighted by Crippen LogP contribution is -2.12. The molecule has 0 aliphatic carbocycles. The van der Waals surface area contributed by atoms with Crippen molar-refractivity contribution >= 4 is 5.78 Å². The average molecular weight is 276 g/mol. The van der Waals surface area contributed by atoms with E-state index in [2.05, 4.69) is 0 Å². The molecule has 0 radical (unpaired) electrons. The molecule has 0 spiro atoms. The van der Waals surface area contributed by atoms with E-state index in [1.807, 2.05) is 19.9 Å². The van der Waals surface area contributed by atoms with Crippen LogP contribution < -0.4 is 4.74 Å². The Bertz CT molecular complexity index is 651. The Kier molecular flexibility index (Phi) is 4.13. The number of carbonyl (C=O) groups excluding carboxylic acids is 1. The van der Waals surface area contributed by atoms with Crippen LogP contribution in [0.2, 0.25) is 0 Å². The number of Topliss-reactive ketones (excluding diaryl/α,β-unsaturated/α-hetero) is 1. The van der Waals surface area contributed by atoms with Crippen LogP contribution in [0.3, 0.4) is 0 Å². The highest BCUT2D eigenvalue weighted by Crippen LogP contribution is 2.18. The van der Waals surface area contributed by atoms with E-state index in [1.54, 1.807) is 12.1 Å². The number of hydrogen-bond acceptors (Lipinski definition) is 2. The summed E-state index contributed by atoms with van der Waals surface area (Å²) in [6.07, 6.45) is 0. The van der Waals surface area contributed by atoms with E-state index in [1.165, 1.54) is 6.07 Å². The summed E-state index contributed by atoms with van der Waals surface area (Å²) in [5.41, 5.74) is 2.60. The molecule has 0 saturated heterocycles. The van der Waals surface area contributed by atoms with Gasteiger partial charge in [0.25, 0.3) is 0 Å². The van der Waals surface area contributed by atoms with E-state index in [4.69, 9.17) is 4.74 Å². The van der Waals surface area contributed by atoms with Gasteiger partial charge in [-0.1, -0.05) is 12.1 Å². The zero-order valence-corrected chi connectivity index (χ0v) is 11.2. The number of ketones is 1. The van der Waals surface area contributed by atoms with Crippen molar-refractivity contribution in [3.05, 3.63) is 64.7 Å². The van der Waals surface area contributed by atoms with Crippen LogP contribution in [-0.2, 0) is 0 Å². The summed E-state index contributed by atoms with van der Waals surface area (Å²) in [6, 6.07) is 8.28. The van der Waals surface area contributed by atoms with Crippen LogP contribution in [0.5, 0.6) is 5.75 Å². The Balaban J connectivity index is 2.06. The van der Waals surface area contributed by atoms with Crippen molar-refractivity contribution in [1.82, 2.24) is 0 Å². The molecule has 2 rings (SSSR count). The molecule has 104 valence electrons. The lowest BCUT2D eigenvalue weighted by atomic mass is 10.0. The van der Waals surface area contributed by atoms with E-state index < -0.39 is 11.6 Å². The smallest absolute Gasteiger partial charge is 0.200 e. The molecule has 2 aromatic carbocycles. The van der Waals surface area contributed by atoms with Gasteiger partial charge in [0.1, 0.15) is 5.82 Å². The standard InChI is InChI=1S/C16H14F2O2/c1-10-3-4-12(7-11(10)2)15(19)9-20-16-6-5-13(17)8-14(16)18/h3-8H,9H2,1-2H3. The number of ether oxygens (including phenoxy) is 1. The Hall–Kier alpha value is -2.23. The van der Waals surface area contributed by atoms with Crippen molar-refractivity contribution in [2.75, 3.05) is 6.61 Å². The number of aryl methyl sites for hydroxylation is 2. The molecule has 2 aromatic rings. The highest BCUT2D eigenvalue weighted by atomic mass is 19.1. The quantitative estimate of drug-likeness (QED) is 0.793. The van der Waals surface area contributed by atoms with Crippen molar-refractivity contribution in [3.63, 3.8) is 0 Å². The molecular weight excluding hydrogens is 262 g/mol. The molecule has 0 unspecified atom stereocenters. The van der Waals surface area contributed by atoms with E-state index in [0.29, 0.717) is 5.56 Å². The molecule has 20 heavy (non-hydrogen) atoms. The molecule has 0 aliphatic rings. The molecule has 2 nitrogen and oxygen atoms in total. The third kappa shape index (κ3) is 3.20. The number of benzene rings is 2. The second kappa shape index (κ2) is 5.82. The molecule has 0 heterocycles. The fourth-order valence-corrected chi connectivity index (χ4v) is 1.73. The molecule has 0 atom stereocenters. The van der Waals surface area contributed by atoms with Crippen LogP contribution in [0.1, 0.15) is 21.5 Å². The lowest BCUT2D eigenvalue weighted by molar-refractivity contribution is 0.0918. The number of rotatable bonds is 4. The first-order valence-electron chi connectivity index (χ1n) is 6.15. The van der Waals surface area contributed by atoms with Gasteiger partial charge in [-0.05, 0) is 43.2 Å². The van der Waals surface area contributed by atoms with E-state index in [0.717, 1.165) is 23.3 Å². The number of halogens is 2. The third-order valence-electron chi connectivity index (χ3n) is 3.08. The van der Waals surface area contributed by atoms with Gasteiger partial charge in [-0.2, -0.15) is 0 Å². The zero-order chi connectivity index (χ0) is 14.7. The summed E-state index contributed by atoms with van der Waals surface area (Å²) in [4.78, 5) is 11.9. The van der Waals surface area contributed by atoms with Gasteiger partial charge < -0.3 is 4.74 Å². The van der Waals surface area contributed by atoms with Crippen LogP contribution in [0.15, 0.2) is 36.4 Å². The molecule has 4 heteroatoms. The van der Waals surface area contributed by atoms with Crippen LogP contribution in [0.4, 0.5) is 8.78 Å². The summed E-state index contributed by atoms with van der Waals surface area (Å²) in [6.45, 7) is 3.58. The summed E-state index contributed by atoms with van der Waals surface area (Å²) < 4.78 is 31.2. The van der Waals surface area contributed by atoms with Crippen molar-refractivity contribution in [2.24, 2.45) is 0 Å². The minimum Gasteiger partial charge on any atom is -0.482 e. The molecule has 0 aliphatic heterocycles. The predicted octanol–water partition coefficient (Wildman–Crippen LogP) is 3.84. The van der Waals surface area contributed by atoms with Gasteiger partial charge in [0, 0.05) is 11.6 Å². The van der Waals surface area contributed by atoms with Crippen molar-refractivity contribution in [1.29, 1.82) is 0 Å². The monoisotopic (exact) mass is 276 g/mol. The first kappa shape index (κ1) is 14.2. The predicted molar refractivity (Wildman–Crippen MR) is 72.1 cm³/mol. The van der Waals surface area contributed by atoms with E-state index in [-0.39, 0.29) is 18.1 Å². The topological polar surface area (TPSA) is 26.3 Å². The second-order valence-corrected chi connectivity index (χ2v) is 4.59. The summed E-state index contributed by atoms with van der Waals surface area (Å²) in [7, 11) is 0. The third-order valence-corrected chi connectivity index (χ3v) is 3.08. The summed E-state index contributed by atoms with van der Waals surface area (Å²) in [5.74, 6) is -1.89. The van der Waals surface area contributed by atoms with Gasteiger partial charge in [-0.3, -0.25) is 4.79 Å². The van der Waals surface area contributed by atoms with Gasteiger partial charge >= 0.3 is 0 Å². The fraction of sp³-hybridized carbons (Fsp3) is 0.188. The summed E-state index contributed by atoms with van der Waals surface area (Å²) in [5, 5.41) is 0. The maximum atomic E-state index is 13.3. The Morgan fingerprint density at radius 2 is 1.80 bits per heavy atom. The molecule has 0 bridgehead atoms. The van der Waals surface area contributed by atoms with Crippen molar-refractivity contribution < 1.29 is 18.3 Å². The van der Waals surface area contributed by atoms with Gasteiger partial charge in [0.05, 0.1) is 0 Å². The van der Waals surface area contributed by atoms with E-state index >= 15 is 0 Å². The first-order chi connectivity index (χ1) is 9.47. The highest BCUT2D eigenvalue weighted by molar-refractivity contribution is 5.97. The SMILES string of the molecule is Cc1ccc(C(=O)COc2ccc(F)cc2F)cc1C. The maximum absolute atomic E-state index is 13.3. The van der Waals surface area contributed by atoms with Crippen LogP contribution in [0.25, 0.3) is 0 Å². The van der Waals surface area contributed by atoms with E-state index in [9.17, 15) is 13.6 Å². The van der Waals surface area contributed by atoms with Gasteiger partial charge in [0.2, 0.25) is 0 Å². The number of hydrogen-bond donors (Lipinski definition) is 0. The number of carbonyl (C=O) groups is 1. The molecular formula is C16H14F2O2. The van der Waals surface area contributed by atoms with Crippen LogP contribution in [0, 0.1) is 25.5 Å². The lowest BCUT2D eigenvalue weighted by Gasteiger charge is -2.08. The van der Waals surface area contributed by atoms with Crippen LogP contribution in [-0.4, -0.2) is 12.4 Å². The minimum absolute atomic E-state index is 0.136. The molecule has 0 aromatic heterocycles. The summed E-state index contributed by atoms with van der Waals surface area (Å²) >= 11 is 0. The zero-order valence-electron chi connectivity index (χ0n) is 11.2. The van der Waals surface area contributed by atoms with Crippen molar-refractivity contribution in [3.8, 4) is 5.75 Å².